The van der Waals surface area contributed by atoms with Crippen molar-refractivity contribution in [2.24, 2.45) is 0 Å². The molecular weight excluding hydrogens is 658 g/mol. The van der Waals surface area contributed by atoms with E-state index in [-0.39, 0.29) is 30.2 Å². The molecule has 50 heavy (non-hydrogen) atoms. The van der Waals surface area contributed by atoms with Crippen molar-refractivity contribution in [3.05, 3.63) is 78.2 Å². The van der Waals surface area contributed by atoms with Crippen LogP contribution in [-0.4, -0.2) is 71.0 Å². The molecule has 2 aromatic rings. The number of hydrogen-bond acceptors (Lipinski definition) is 8. The number of unbranched alkanes of at least 4 members (excludes halogenated alkanes) is 2. The summed E-state index contributed by atoms with van der Waals surface area (Å²) in [6.45, 7) is 14.5. The van der Waals surface area contributed by atoms with Gasteiger partial charge in [-0.3, -0.25) is 4.55 Å². The normalized spacial score (nSPS) is 12.1. The molecule has 0 unspecified atom stereocenters. The van der Waals surface area contributed by atoms with Crippen LogP contribution in [0.2, 0.25) is 0 Å². The van der Waals surface area contributed by atoms with Crippen molar-refractivity contribution in [1.29, 1.82) is 0 Å². The van der Waals surface area contributed by atoms with Crippen LogP contribution < -0.4 is 20.1 Å². The Kier molecular flexibility index (Phi) is 13.6. The molecule has 2 aliphatic rings. The fraction of sp³-hybridized carbons (Fsp3) is 0.395. The van der Waals surface area contributed by atoms with Crippen molar-refractivity contribution in [3.63, 3.8) is 0 Å². The summed E-state index contributed by atoms with van der Waals surface area (Å²) in [5, 5.41) is 4.25. The number of esters is 1. The summed E-state index contributed by atoms with van der Waals surface area (Å²) < 4.78 is 54.6. The third kappa shape index (κ3) is 9.72. The Hall–Kier alpha value is -4.68. The monoisotopic (exact) mass is 706 g/mol. The number of nitrogens with zero attached hydrogens (tertiary/aromatic N) is 2. The number of hydrogen-bond donors (Lipinski definition) is 2. The van der Waals surface area contributed by atoms with Crippen molar-refractivity contribution < 1.29 is 36.5 Å². The topological polar surface area (TPSA) is 138 Å². The van der Waals surface area contributed by atoms with Gasteiger partial charge in [0.2, 0.25) is 5.36 Å². The van der Waals surface area contributed by atoms with Crippen LogP contribution in [-0.2, 0) is 24.4 Å². The summed E-state index contributed by atoms with van der Waals surface area (Å²) in [4.78, 5) is 25.7. The molecule has 12 heteroatoms. The zero-order valence-corrected chi connectivity index (χ0v) is 30.2. The molecule has 0 atom stereocenters. The zero-order chi connectivity index (χ0) is 36.3. The molecule has 11 nitrogen and oxygen atoms in total. The smallest absolute Gasteiger partial charge is 0.407 e. The molecule has 0 aromatic heterocycles. The Morgan fingerprint density at radius 3 is 2.40 bits per heavy atom. The molecule has 1 aliphatic carbocycles. The molecule has 1 heterocycles. The highest BCUT2D eigenvalue weighted by atomic mass is 32.2. The van der Waals surface area contributed by atoms with Crippen LogP contribution in [0.1, 0.15) is 53.4 Å². The van der Waals surface area contributed by atoms with Gasteiger partial charge in [-0.25, -0.2) is 14.2 Å². The van der Waals surface area contributed by atoms with Crippen LogP contribution in [0.5, 0.6) is 0 Å². The lowest BCUT2D eigenvalue weighted by atomic mass is 9.93. The Morgan fingerprint density at radius 2 is 1.70 bits per heavy atom. The van der Waals surface area contributed by atoms with E-state index in [9.17, 15) is 22.6 Å². The quantitative estimate of drug-likeness (QED) is 0.0315. The van der Waals surface area contributed by atoms with Crippen LogP contribution >= 0.6 is 0 Å². The second kappa shape index (κ2) is 17.8. The molecule has 1 amide bonds. The number of fused-ring (bicyclic) bond motifs is 2. The molecule has 0 radical (unpaired) electrons. The van der Waals surface area contributed by atoms with Crippen molar-refractivity contribution in [2.75, 3.05) is 50.8 Å². The fourth-order valence-corrected chi connectivity index (χ4v) is 6.41. The Labute approximate surface area is 294 Å². The van der Waals surface area contributed by atoms with Crippen LogP contribution in [0.15, 0.2) is 82.1 Å². The van der Waals surface area contributed by atoms with Gasteiger partial charge in [0.05, 0.1) is 19.2 Å². The second-order valence-corrected chi connectivity index (χ2v) is 13.5. The molecule has 4 rings (SSSR count). The van der Waals surface area contributed by atoms with Crippen molar-refractivity contribution in [3.8, 4) is 22.5 Å². The number of benzene rings is 3. The van der Waals surface area contributed by atoms with Crippen LogP contribution in [0, 0.1) is 0 Å². The van der Waals surface area contributed by atoms with Gasteiger partial charge >= 0.3 is 12.1 Å². The Morgan fingerprint density at radius 1 is 0.940 bits per heavy atom. The third-order valence-electron chi connectivity index (χ3n) is 8.35. The molecule has 2 aromatic carbocycles. The average Bonchev–Trinajstić information content (AvgIpc) is 3.10. The standard InChI is InChI=1S/C38H47N3O8S/c1-6-9-20-40(8-3)28-15-17-30-33(25-28)49-34-26-29(16-18-31(34)36(30)32-13-11-12-14-35(32)50(44,45)46)41(21-10-7-2)22-24-48-38(43)39-19-23-47-37(42)27(4)5/h11-18,25-26H,4,6-10,19-24H2,1-3,5H3,(H-,39,43,44,45,46)/p+1. The highest BCUT2D eigenvalue weighted by molar-refractivity contribution is 7.86. The molecule has 0 saturated carbocycles. The molecule has 268 valence electrons. The molecule has 2 N–H and O–H groups in total. The highest BCUT2D eigenvalue weighted by Gasteiger charge is 2.24. The first kappa shape index (κ1) is 38.1. The van der Waals surface area contributed by atoms with E-state index in [2.05, 4.69) is 42.1 Å². The molecular formula is C38H48N3O8S+. The van der Waals surface area contributed by atoms with E-state index in [1.54, 1.807) is 25.1 Å². The van der Waals surface area contributed by atoms with E-state index >= 15 is 0 Å². The van der Waals surface area contributed by atoms with Gasteiger partial charge in [-0.1, -0.05) is 51.5 Å². The van der Waals surface area contributed by atoms with Gasteiger partial charge in [0.15, 0.2) is 0 Å². The fourth-order valence-electron chi connectivity index (χ4n) is 5.71. The van der Waals surface area contributed by atoms with E-state index in [1.807, 2.05) is 36.4 Å². The minimum absolute atomic E-state index is 0.00605. The molecule has 0 fully saturated rings. The maximum atomic E-state index is 12.6. The Bertz CT molecular complexity index is 1970. The lowest BCUT2D eigenvalue weighted by Gasteiger charge is -2.25. The summed E-state index contributed by atoms with van der Waals surface area (Å²) in [5.41, 5.74) is 3.38. The third-order valence-corrected chi connectivity index (χ3v) is 9.26. The van der Waals surface area contributed by atoms with Gasteiger partial charge in [-0.05, 0) is 44.5 Å². The lowest BCUT2D eigenvalue weighted by molar-refractivity contribution is -0.138. The summed E-state index contributed by atoms with van der Waals surface area (Å²) in [6.07, 6.45) is 3.34. The van der Waals surface area contributed by atoms with Gasteiger partial charge in [0, 0.05) is 58.4 Å². The summed E-state index contributed by atoms with van der Waals surface area (Å²) >= 11 is 0. The number of carbonyl (C=O) groups is 2. The first-order valence-electron chi connectivity index (χ1n) is 17.1. The molecule has 1 aliphatic heterocycles. The van der Waals surface area contributed by atoms with E-state index in [0.717, 1.165) is 49.8 Å². The van der Waals surface area contributed by atoms with Crippen LogP contribution in [0.4, 0.5) is 10.5 Å². The van der Waals surface area contributed by atoms with E-state index in [4.69, 9.17) is 13.9 Å². The molecule has 0 saturated heterocycles. The number of alkyl carbamates (subject to hydrolysis) is 1. The van der Waals surface area contributed by atoms with Crippen molar-refractivity contribution in [1.82, 2.24) is 9.89 Å². The number of nitrogens with one attached hydrogen (secondary N) is 1. The number of ether oxygens (including phenoxy) is 2. The maximum Gasteiger partial charge on any atom is 0.407 e. The zero-order valence-electron chi connectivity index (χ0n) is 29.4. The van der Waals surface area contributed by atoms with Gasteiger partial charge in [-0.2, -0.15) is 8.42 Å². The number of carbonyl (C=O) groups excluding carboxylic acids is 2. The number of anilines is 1. The minimum Gasteiger partial charge on any atom is -0.460 e. The first-order chi connectivity index (χ1) is 24.0. The Balaban J connectivity index is 1.73. The molecule has 0 bridgehead atoms. The van der Waals surface area contributed by atoms with Gasteiger partial charge in [0.1, 0.15) is 42.5 Å². The van der Waals surface area contributed by atoms with E-state index < -0.39 is 22.2 Å². The van der Waals surface area contributed by atoms with Crippen molar-refractivity contribution in [2.45, 2.75) is 58.3 Å². The summed E-state index contributed by atoms with van der Waals surface area (Å²) in [7, 11) is -4.54. The largest absolute Gasteiger partial charge is 0.460 e. The van der Waals surface area contributed by atoms with Gasteiger partial charge in [0.25, 0.3) is 10.1 Å². The number of rotatable bonds is 17. The summed E-state index contributed by atoms with van der Waals surface area (Å²) in [6, 6.07) is 18.1. The van der Waals surface area contributed by atoms with Gasteiger partial charge < -0.3 is 24.1 Å². The first-order valence-corrected chi connectivity index (χ1v) is 18.6. The van der Waals surface area contributed by atoms with Crippen LogP contribution in [0.3, 0.4) is 0 Å². The predicted molar refractivity (Wildman–Crippen MR) is 196 cm³/mol. The maximum absolute atomic E-state index is 12.6. The van der Waals surface area contributed by atoms with E-state index in [1.165, 1.54) is 6.07 Å². The lowest BCUT2D eigenvalue weighted by Crippen LogP contribution is -2.33. The average molecular weight is 707 g/mol. The molecule has 0 spiro atoms. The van der Waals surface area contributed by atoms with E-state index in [0.29, 0.717) is 46.5 Å². The predicted octanol–water partition coefficient (Wildman–Crippen LogP) is 6.50. The van der Waals surface area contributed by atoms with Crippen molar-refractivity contribution >= 4 is 38.8 Å². The minimum atomic E-state index is -4.54. The number of amides is 1. The highest BCUT2D eigenvalue weighted by Crippen LogP contribution is 2.42. The van der Waals surface area contributed by atoms with Crippen LogP contribution in [0.25, 0.3) is 33.4 Å². The second-order valence-electron chi connectivity index (χ2n) is 12.1. The van der Waals surface area contributed by atoms with Gasteiger partial charge in [-0.15, -0.1) is 0 Å². The SMILES string of the molecule is C=C(C)C(=O)OCCNC(=O)OCCN(CCCC)c1ccc2c(-c3ccccc3S(=O)(=O)O)c3cc/c(=[N+](\CC)CCCC)cc-3oc2c1. The summed E-state index contributed by atoms with van der Waals surface area (Å²) in [5.74, 6) is 0.0586.